The van der Waals surface area contributed by atoms with Crippen molar-refractivity contribution in [2.75, 3.05) is 6.54 Å². The molecule has 0 bridgehead atoms. The summed E-state index contributed by atoms with van der Waals surface area (Å²) in [5.74, 6) is 0.817. The molecule has 1 unspecified atom stereocenters. The first-order valence-corrected chi connectivity index (χ1v) is 7.51. The van der Waals surface area contributed by atoms with Gasteiger partial charge in [0, 0.05) is 17.1 Å². The number of benzene rings is 2. The van der Waals surface area contributed by atoms with Crippen LogP contribution in [0.5, 0.6) is 5.75 Å². The van der Waals surface area contributed by atoms with E-state index < -0.39 is 0 Å². The molecule has 1 atom stereocenters. The zero-order chi connectivity index (χ0) is 15.5. The molecule has 0 aromatic heterocycles. The Balaban J connectivity index is 2.26. The van der Waals surface area contributed by atoms with E-state index in [1.165, 1.54) is 5.56 Å². The Morgan fingerprint density at radius 2 is 1.81 bits per heavy atom. The number of nitrogens with two attached hydrogens (primary N) is 1. The van der Waals surface area contributed by atoms with Gasteiger partial charge in [-0.3, -0.25) is 0 Å². The van der Waals surface area contributed by atoms with Gasteiger partial charge in [-0.05, 0) is 29.2 Å². The van der Waals surface area contributed by atoms with Crippen LogP contribution in [-0.2, 0) is 5.41 Å². The maximum atomic E-state index is 6.23. The summed E-state index contributed by atoms with van der Waals surface area (Å²) in [6, 6.07) is 15.8. The highest BCUT2D eigenvalue weighted by Gasteiger charge is 2.17. The summed E-state index contributed by atoms with van der Waals surface area (Å²) in [6.07, 6.45) is -0.242. The van der Waals surface area contributed by atoms with Crippen molar-refractivity contribution in [3.05, 3.63) is 64.7 Å². The third kappa shape index (κ3) is 3.99. The molecule has 0 fully saturated rings. The van der Waals surface area contributed by atoms with E-state index in [9.17, 15) is 0 Å². The molecule has 0 radical (unpaired) electrons. The molecule has 0 saturated carbocycles. The van der Waals surface area contributed by atoms with Crippen molar-refractivity contribution in [1.82, 2.24) is 0 Å². The highest BCUT2D eigenvalue weighted by atomic mass is 35.5. The van der Waals surface area contributed by atoms with E-state index in [1.54, 1.807) is 0 Å². The Morgan fingerprint density at radius 1 is 1.10 bits per heavy atom. The smallest absolute Gasteiger partial charge is 0.137 e. The minimum atomic E-state index is -0.242. The average molecular weight is 304 g/mol. The first-order valence-electron chi connectivity index (χ1n) is 7.13. The molecular formula is C18H22ClNO. The third-order valence-electron chi connectivity index (χ3n) is 3.44. The van der Waals surface area contributed by atoms with Gasteiger partial charge < -0.3 is 10.5 Å². The molecule has 2 aromatic carbocycles. The van der Waals surface area contributed by atoms with Crippen molar-refractivity contribution in [1.29, 1.82) is 0 Å². The highest BCUT2D eigenvalue weighted by molar-refractivity contribution is 6.31. The van der Waals surface area contributed by atoms with Crippen LogP contribution in [0.3, 0.4) is 0 Å². The summed E-state index contributed by atoms with van der Waals surface area (Å²) in [7, 11) is 0. The van der Waals surface area contributed by atoms with Gasteiger partial charge >= 0.3 is 0 Å². The first kappa shape index (κ1) is 15.9. The van der Waals surface area contributed by atoms with E-state index in [-0.39, 0.29) is 11.5 Å². The molecule has 2 rings (SSSR count). The standard InChI is InChI=1S/C18H22ClNO/c1-18(2,3)13-7-6-8-14(11-13)21-17(12-20)15-9-4-5-10-16(15)19/h4-11,17H,12,20H2,1-3H3. The normalized spacial score (nSPS) is 13.0. The first-order chi connectivity index (χ1) is 9.91. The van der Waals surface area contributed by atoms with Crippen LogP contribution in [0.15, 0.2) is 48.5 Å². The van der Waals surface area contributed by atoms with Crippen molar-refractivity contribution in [3.8, 4) is 5.75 Å². The van der Waals surface area contributed by atoms with Crippen LogP contribution in [-0.4, -0.2) is 6.54 Å². The van der Waals surface area contributed by atoms with Gasteiger partial charge in [0.05, 0.1) is 0 Å². The van der Waals surface area contributed by atoms with Gasteiger partial charge in [-0.1, -0.05) is 62.7 Å². The molecule has 0 amide bonds. The largest absolute Gasteiger partial charge is 0.484 e. The van der Waals surface area contributed by atoms with Crippen LogP contribution in [0.2, 0.25) is 5.02 Å². The number of hydrogen-bond donors (Lipinski definition) is 1. The third-order valence-corrected chi connectivity index (χ3v) is 3.79. The molecule has 21 heavy (non-hydrogen) atoms. The number of ether oxygens (including phenoxy) is 1. The van der Waals surface area contributed by atoms with Gasteiger partial charge in [0.2, 0.25) is 0 Å². The maximum absolute atomic E-state index is 6.23. The average Bonchev–Trinajstić information content (AvgIpc) is 2.45. The van der Waals surface area contributed by atoms with Gasteiger partial charge in [0.25, 0.3) is 0 Å². The highest BCUT2D eigenvalue weighted by Crippen LogP contribution is 2.30. The van der Waals surface area contributed by atoms with E-state index in [0.29, 0.717) is 11.6 Å². The Kier molecular flexibility index (Phi) is 4.92. The second-order valence-corrected chi connectivity index (χ2v) is 6.55. The van der Waals surface area contributed by atoms with Crippen LogP contribution >= 0.6 is 11.6 Å². The van der Waals surface area contributed by atoms with Crippen LogP contribution in [0, 0.1) is 0 Å². The van der Waals surface area contributed by atoms with Crippen LogP contribution in [0.25, 0.3) is 0 Å². The van der Waals surface area contributed by atoms with E-state index in [0.717, 1.165) is 11.3 Å². The fraction of sp³-hybridized carbons (Fsp3) is 0.333. The predicted octanol–water partition coefficient (Wildman–Crippen LogP) is 4.72. The van der Waals surface area contributed by atoms with Gasteiger partial charge in [-0.2, -0.15) is 0 Å². The van der Waals surface area contributed by atoms with Crippen molar-refractivity contribution in [2.24, 2.45) is 5.73 Å². The fourth-order valence-electron chi connectivity index (χ4n) is 2.17. The molecule has 0 aliphatic rings. The SMILES string of the molecule is CC(C)(C)c1cccc(OC(CN)c2ccccc2Cl)c1. The molecule has 0 spiro atoms. The molecule has 2 aromatic rings. The molecular weight excluding hydrogens is 282 g/mol. The predicted molar refractivity (Wildman–Crippen MR) is 89.0 cm³/mol. The molecule has 0 aliphatic carbocycles. The van der Waals surface area contributed by atoms with Crippen LogP contribution < -0.4 is 10.5 Å². The van der Waals surface area contributed by atoms with E-state index in [4.69, 9.17) is 22.1 Å². The molecule has 112 valence electrons. The Labute approximate surface area is 131 Å². The summed E-state index contributed by atoms with van der Waals surface area (Å²) in [6.45, 7) is 6.92. The minimum Gasteiger partial charge on any atom is -0.484 e. The lowest BCUT2D eigenvalue weighted by Gasteiger charge is -2.22. The topological polar surface area (TPSA) is 35.2 Å². The summed E-state index contributed by atoms with van der Waals surface area (Å²) < 4.78 is 6.06. The summed E-state index contributed by atoms with van der Waals surface area (Å²) in [4.78, 5) is 0. The van der Waals surface area contributed by atoms with Crippen molar-refractivity contribution in [2.45, 2.75) is 32.3 Å². The summed E-state index contributed by atoms with van der Waals surface area (Å²) in [5, 5.41) is 0.680. The molecule has 3 heteroatoms. The molecule has 0 heterocycles. The number of hydrogen-bond acceptors (Lipinski definition) is 2. The Hall–Kier alpha value is -1.51. The second-order valence-electron chi connectivity index (χ2n) is 6.14. The number of halogens is 1. The molecule has 0 saturated heterocycles. The van der Waals surface area contributed by atoms with Crippen molar-refractivity contribution in [3.63, 3.8) is 0 Å². The van der Waals surface area contributed by atoms with Crippen molar-refractivity contribution >= 4 is 11.6 Å². The van der Waals surface area contributed by atoms with Gasteiger partial charge in [0.15, 0.2) is 0 Å². The van der Waals surface area contributed by atoms with Crippen molar-refractivity contribution < 1.29 is 4.74 Å². The quantitative estimate of drug-likeness (QED) is 0.887. The lowest BCUT2D eigenvalue weighted by molar-refractivity contribution is 0.214. The fourth-order valence-corrected chi connectivity index (χ4v) is 2.43. The zero-order valence-corrected chi connectivity index (χ0v) is 13.5. The van der Waals surface area contributed by atoms with Gasteiger partial charge in [-0.25, -0.2) is 0 Å². The van der Waals surface area contributed by atoms with Gasteiger partial charge in [0.1, 0.15) is 11.9 Å². The Bertz CT molecular complexity index is 604. The minimum absolute atomic E-state index is 0.0853. The van der Waals surface area contributed by atoms with E-state index in [1.807, 2.05) is 36.4 Å². The van der Waals surface area contributed by atoms with Gasteiger partial charge in [-0.15, -0.1) is 0 Å². The van der Waals surface area contributed by atoms with Crippen LogP contribution in [0.4, 0.5) is 0 Å². The monoisotopic (exact) mass is 303 g/mol. The second kappa shape index (κ2) is 6.50. The maximum Gasteiger partial charge on any atom is 0.137 e. The van der Waals surface area contributed by atoms with E-state index >= 15 is 0 Å². The zero-order valence-electron chi connectivity index (χ0n) is 12.8. The summed E-state index contributed by atoms with van der Waals surface area (Å²) in [5.41, 5.74) is 8.10. The molecule has 2 nitrogen and oxygen atoms in total. The Morgan fingerprint density at radius 3 is 2.43 bits per heavy atom. The number of rotatable bonds is 4. The van der Waals surface area contributed by atoms with E-state index in [2.05, 4.69) is 32.9 Å². The molecule has 0 aliphatic heterocycles. The lowest BCUT2D eigenvalue weighted by Crippen LogP contribution is -2.19. The molecule has 2 N–H and O–H groups in total. The lowest BCUT2D eigenvalue weighted by atomic mass is 9.87. The summed E-state index contributed by atoms with van der Waals surface area (Å²) >= 11 is 6.23. The van der Waals surface area contributed by atoms with Crippen LogP contribution in [0.1, 0.15) is 38.0 Å².